The number of rotatable bonds is 6. The summed E-state index contributed by atoms with van der Waals surface area (Å²) in [4.78, 5) is 12.0. The van der Waals surface area contributed by atoms with Crippen LogP contribution in [0.2, 0.25) is 19.1 Å². The molecule has 0 aliphatic carbocycles. The van der Waals surface area contributed by atoms with E-state index < -0.39 is 14.4 Å². The number of carbonyl (C=O) groups excluding carboxylic acids is 1. The van der Waals surface area contributed by atoms with Crippen molar-refractivity contribution in [2.24, 2.45) is 11.7 Å². The third-order valence-electron chi connectivity index (χ3n) is 2.97. The Bertz CT molecular complexity index is 443. The first kappa shape index (κ1) is 16.7. The lowest BCUT2D eigenvalue weighted by Gasteiger charge is -2.26. The topological polar surface area (TPSA) is 72.5 Å². The van der Waals surface area contributed by atoms with E-state index in [-0.39, 0.29) is 11.7 Å². The molecule has 112 valence electrons. The molecule has 0 heterocycles. The monoisotopic (exact) mass is 295 g/mol. The first-order valence-corrected chi connectivity index (χ1v) is 10.1. The van der Waals surface area contributed by atoms with Crippen LogP contribution in [0.25, 0.3) is 0 Å². The van der Waals surface area contributed by atoms with Crippen LogP contribution in [0.1, 0.15) is 19.4 Å². The number of hydrogen-bond donors (Lipinski definition) is 2. The molecule has 0 unspecified atom stereocenters. The van der Waals surface area contributed by atoms with Crippen LogP contribution >= 0.6 is 0 Å². The van der Waals surface area contributed by atoms with Gasteiger partial charge in [0.15, 0.2) is 0 Å². The molecule has 0 amide bonds. The highest BCUT2D eigenvalue weighted by atomic mass is 28.4. The Kier molecular flexibility index (Phi) is 5.77. The van der Waals surface area contributed by atoms with Crippen molar-refractivity contribution in [1.29, 1.82) is 0 Å². The van der Waals surface area contributed by atoms with Crippen molar-refractivity contribution in [2.45, 2.75) is 45.4 Å². The van der Waals surface area contributed by atoms with Crippen LogP contribution in [0, 0.1) is 5.92 Å². The van der Waals surface area contributed by atoms with E-state index in [9.17, 15) is 9.90 Å². The average Bonchev–Trinajstić information content (AvgIpc) is 2.29. The molecule has 1 aromatic rings. The predicted molar refractivity (Wildman–Crippen MR) is 83.0 cm³/mol. The van der Waals surface area contributed by atoms with Gasteiger partial charge in [0.1, 0.15) is 11.8 Å². The van der Waals surface area contributed by atoms with Gasteiger partial charge in [0.05, 0.1) is 0 Å². The number of benzene rings is 1. The zero-order valence-electron chi connectivity index (χ0n) is 12.7. The van der Waals surface area contributed by atoms with Crippen molar-refractivity contribution in [1.82, 2.24) is 0 Å². The highest BCUT2D eigenvalue weighted by molar-refractivity contribution is 6.72. The van der Waals surface area contributed by atoms with Crippen LogP contribution in [-0.4, -0.2) is 25.4 Å². The van der Waals surface area contributed by atoms with Gasteiger partial charge in [0.2, 0.25) is 8.32 Å². The van der Waals surface area contributed by atoms with Gasteiger partial charge < -0.3 is 15.3 Å². The lowest BCUT2D eigenvalue weighted by atomic mass is 10.1. The third-order valence-corrected chi connectivity index (χ3v) is 5.52. The highest BCUT2D eigenvalue weighted by Crippen LogP contribution is 2.19. The molecular formula is C15H25NO3Si. The summed E-state index contributed by atoms with van der Waals surface area (Å²) in [5.74, 6) is 0.392. The van der Waals surface area contributed by atoms with Crippen molar-refractivity contribution >= 4 is 14.3 Å². The van der Waals surface area contributed by atoms with Gasteiger partial charge in [-0.1, -0.05) is 26.0 Å². The summed E-state index contributed by atoms with van der Waals surface area (Å²) in [6.07, 6.45) is 0.422. The maximum absolute atomic E-state index is 12.0. The number of phenolic OH excluding ortho intramolecular Hbond substituents is 1. The molecule has 4 nitrogen and oxygen atoms in total. The van der Waals surface area contributed by atoms with E-state index in [1.54, 1.807) is 24.3 Å². The summed E-state index contributed by atoms with van der Waals surface area (Å²) in [5.41, 5.74) is 6.82. The Hall–Kier alpha value is -1.33. The van der Waals surface area contributed by atoms with Gasteiger partial charge in [-0.25, -0.2) is 0 Å². The fraction of sp³-hybridized carbons (Fsp3) is 0.533. The van der Waals surface area contributed by atoms with Gasteiger partial charge in [-0.2, -0.15) is 0 Å². The fourth-order valence-electron chi connectivity index (χ4n) is 2.34. The van der Waals surface area contributed by atoms with E-state index in [0.717, 1.165) is 11.6 Å². The molecule has 0 saturated carbocycles. The van der Waals surface area contributed by atoms with Crippen molar-refractivity contribution < 1.29 is 14.3 Å². The number of nitrogens with two attached hydrogens (primary N) is 1. The van der Waals surface area contributed by atoms with Gasteiger partial charge in [-0.3, -0.25) is 4.79 Å². The summed E-state index contributed by atoms with van der Waals surface area (Å²) in [7, 11) is -1.99. The molecule has 0 aromatic heterocycles. The van der Waals surface area contributed by atoms with Crippen molar-refractivity contribution in [3.05, 3.63) is 29.8 Å². The van der Waals surface area contributed by atoms with Crippen LogP contribution in [0.15, 0.2) is 24.3 Å². The van der Waals surface area contributed by atoms with E-state index in [0.29, 0.717) is 12.3 Å². The maximum atomic E-state index is 12.0. The van der Waals surface area contributed by atoms with Gasteiger partial charge in [0.25, 0.3) is 0 Å². The second-order valence-electron chi connectivity index (χ2n) is 6.26. The first-order chi connectivity index (χ1) is 9.19. The molecule has 0 aliphatic heterocycles. The maximum Gasteiger partial charge on any atom is 0.309 e. The average molecular weight is 295 g/mol. The Morgan fingerprint density at radius 3 is 2.35 bits per heavy atom. The van der Waals surface area contributed by atoms with E-state index in [1.165, 1.54) is 0 Å². The lowest BCUT2D eigenvalue weighted by molar-refractivity contribution is -0.136. The summed E-state index contributed by atoms with van der Waals surface area (Å²) in [6.45, 7) is 8.33. The van der Waals surface area contributed by atoms with E-state index >= 15 is 0 Å². The molecule has 0 radical (unpaired) electrons. The molecule has 5 heteroatoms. The zero-order valence-corrected chi connectivity index (χ0v) is 13.7. The second-order valence-corrected chi connectivity index (χ2v) is 10.4. The zero-order chi connectivity index (χ0) is 15.3. The molecule has 0 spiro atoms. The Labute approximate surface area is 122 Å². The minimum atomic E-state index is -1.99. The quantitative estimate of drug-likeness (QED) is 0.791. The molecular weight excluding hydrogens is 270 g/mol. The van der Waals surface area contributed by atoms with Crippen molar-refractivity contribution in [3.63, 3.8) is 0 Å². The standard InChI is InChI=1S/C15H25NO3Si/c1-11(2)10-20(3,4)19-15(18)14(16)9-12-5-7-13(17)8-6-12/h5-8,11,14,17H,9-10,16H2,1-4H3/t14-/m0/s1. The largest absolute Gasteiger partial charge is 0.518 e. The van der Waals surface area contributed by atoms with E-state index in [4.69, 9.17) is 10.2 Å². The highest BCUT2D eigenvalue weighted by Gasteiger charge is 2.30. The molecule has 0 bridgehead atoms. The lowest BCUT2D eigenvalue weighted by Crippen LogP contribution is -2.43. The minimum Gasteiger partial charge on any atom is -0.518 e. The van der Waals surface area contributed by atoms with Gasteiger partial charge in [-0.05, 0) is 49.2 Å². The van der Waals surface area contributed by atoms with E-state index in [2.05, 4.69) is 13.8 Å². The normalized spacial score (nSPS) is 13.3. The molecule has 0 aliphatic rings. The number of carbonyl (C=O) groups is 1. The SMILES string of the molecule is CC(C)C[Si](C)(C)OC(=O)[C@@H](N)Cc1ccc(O)cc1. The predicted octanol–water partition coefficient (Wildman–Crippen LogP) is 2.67. The summed E-state index contributed by atoms with van der Waals surface area (Å²) in [5, 5.41) is 9.22. The summed E-state index contributed by atoms with van der Waals surface area (Å²) < 4.78 is 5.63. The van der Waals surface area contributed by atoms with Crippen LogP contribution < -0.4 is 5.73 Å². The van der Waals surface area contributed by atoms with E-state index in [1.807, 2.05) is 13.1 Å². The van der Waals surface area contributed by atoms with Gasteiger partial charge in [0, 0.05) is 0 Å². The van der Waals surface area contributed by atoms with Crippen molar-refractivity contribution in [2.75, 3.05) is 0 Å². The number of hydrogen-bond acceptors (Lipinski definition) is 4. The third kappa shape index (κ3) is 5.75. The molecule has 0 fully saturated rings. The first-order valence-electron chi connectivity index (χ1n) is 6.96. The Morgan fingerprint density at radius 2 is 1.85 bits per heavy atom. The Morgan fingerprint density at radius 1 is 1.30 bits per heavy atom. The van der Waals surface area contributed by atoms with Crippen LogP contribution in [0.4, 0.5) is 0 Å². The summed E-state index contributed by atoms with van der Waals surface area (Å²) >= 11 is 0. The smallest absolute Gasteiger partial charge is 0.309 e. The summed E-state index contributed by atoms with van der Waals surface area (Å²) in [6, 6.07) is 6.98. The molecule has 0 saturated heterocycles. The number of phenols is 1. The Balaban J connectivity index is 2.56. The molecule has 1 atom stereocenters. The molecule has 1 rings (SSSR count). The van der Waals surface area contributed by atoms with Gasteiger partial charge >= 0.3 is 5.97 Å². The van der Waals surface area contributed by atoms with Crippen LogP contribution in [-0.2, 0) is 15.6 Å². The van der Waals surface area contributed by atoms with Crippen molar-refractivity contribution in [3.8, 4) is 5.75 Å². The van der Waals surface area contributed by atoms with Crippen LogP contribution in [0.3, 0.4) is 0 Å². The van der Waals surface area contributed by atoms with Crippen LogP contribution in [0.5, 0.6) is 5.75 Å². The number of aromatic hydroxyl groups is 1. The second kappa shape index (κ2) is 6.90. The molecule has 3 N–H and O–H groups in total. The minimum absolute atomic E-state index is 0.204. The fourth-order valence-corrected chi connectivity index (χ4v) is 5.09. The molecule has 20 heavy (non-hydrogen) atoms. The van der Waals surface area contributed by atoms with Gasteiger partial charge in [-0.15, -0.1) is 0 Å². The molecule has 1 aromatic carbocycles.